The van der Waals surface area contributed by atoms with Crippen molar-refractivity contribution in [1.82, 2.24) is 14.9 Å². The van der Waals surface area contributed by atoms with Gasteiger partial charge in [-0.2, -0.15) is 15.2 Å². The van der Waals surface area contributed by atoms with Crippen molar-refractivity contribution in [2.75, 3.05) is 55.8 Å². The molecule has 1 fully saturated rings. The van der Waals surface area contributed by atoms with Gasteiger partial charge in [-0.25, -0.2) is 0 Å². The Labute approximate surface area is 148 Å². The molecule has 1 aliphatic heterocycles. The summed E-state index contributed by atoms with van der Waals surface area (Å²) in [6.45, 7) is 4.40. The summed E-state index contributed by atoms with van der Waals surface area (Å²) in [5.74, 6) is 1.40. The largest absolute Gasteiger partial charge is 0.382 e. The quantitative estimate of drug-likeness (QED) is 0.900. The average Bonchev–Trinajstić information content (AvgIpc) is 2.62. The Kier molecular flexibility index (Phi) is 5.00. The normalized spacial score (nSPS) is 15.0. The van der Waals surface area contributed by atoms with Crippen molar-refractivity contribution in [2.24, 2.45) is 0 Å². The molecule has 0 aliphatic carbocycles. The first-order valence-corrected chi connectivity index (χ1v) is 8.34. The van der Waals surface area contributed by atoms with E-state index in [0.717, 1.165) is 32.7 Å². The molecule has 130 valence electrons. The fraction of sp³-hybridized carbons (Fsp3) is 0.389. The highest BCUT2D eigenvalue weighted by atomic mass is 15.3. The predicted molar refractivity (Wildman–Crippen MR) is 99.4 cm³/mol. The van der Waals surface area contributed by atoms with Crippen molar-refractivity contribution < 1.29 is 0 Å². The van der Waals surface area contributed by atoms with E-state index in [2.05, 4.69) is 50.1 Å². The Morgan fingerprint density at radius 2 is 1.80 bits per heavy atom. The van der Waals surface area contributed by atoms with Crippen LogP contribution in [-0.4, -0.2) is 55.1 Å². The molecule has 0 spiro atoms. The van der Waals surface area contributed by atoms with Crippen LogP contribution >= 0.6 is 0 Å². The third-order valence-corrected chi connectivity index (χ3v) is 4.34. The zero-order valence-electron chi connectivity index (χ0n) is 14.7. The number of piperazine rings is 1. The molecule has 1 saturated heterocycles. The summed E-state index contributed by atoms with van der Waals surface area (Å²) in [5, 5.41) is 9.45. The smallest absolute Gasteiger partial charge is 0.228 e. The van der Waals surface area contributed by atoms with E-state index < -0.39 is 0 Å². The van der Waals surface area contributed by atoms with Gasteiger partial charge in [0.15, 0.2) is 5.82 Å². The molecule has 0 saturated carbocycles. The highest BCUT2D eigenvalue weighted by Gasteiger charge is 2.23. The topological polar surface area (TPSA) is 85.3 Å². The van der Waals surface area contributed by atoms with Gasteiger partial charge in [-0.15, -0.1) is 0 Å². The van der Waals surface area contributed by atoms with Gasteiger partial charge in [-0.1, -0.05) is 30.3 Å². The Hall–Kier alpha value is -2.85. The monoisotopic (exact) mass is 337 g/mol. The molecule has 1 aromatic carbocycles. The van der Waals surface area contributed by atoms with E-state index in [0.29, 0.717) is 17.3 Å². The fourth-order valence-corrected chi connectivity index (χ4v) is 2.95. The highest BCUT2D eigenvalue weighted by molar-refractivity contribution is 5.66. The number of aromatic nitrogens is 2. The fourth-order valence-electron chi connectivity index (χ4n) is 2.95. The summed E-state index contributed by atoms with van der Waals surface area (Å²) in [5.41, 5.74) is 7.65. The molecule has 3 rings (SSSR count). The van der Waals surface area contributed by atoms with Gasteiger partial charge in [0.05, 0.1) is 0 Å². The van der Waals surface area contributed by atoms with Crippen molar-refractivity contribution >= 4 is 17.6 Å². The number of nitrogens with zero attached hydrogens (tertiary/aromatic N) is 6. The second-order valence-corrected chi connectivity index (χ2v) is 6.36. The van der Waals surface area contributed by atoms with Crippen LogP contribution in [0.5, 0.6) is 0 Å². The molecular formula is C18H23N7. The molecule has 1 aliphatic rings. The van der Waals surface area contributed by atoms with Crippen LogP contribution in [0.2, 0.25) is 0 Å². The SMILES string of the molecule is CN(C)c1nc(N)c(C#N)c(N2CCN(Cc3ccccc3)CC2)n1. The van der Waals surface area contributed by atoms with E-state index in [1.807, 2.05) is 20.2 Å². The Bertz CT molecular complexity index is 759. The van der Waals surface area contributed by atoms with Crippen LogP contribution in [-0.2, 0) is 6.54 Å². The molecule has 2 aromatic rings. The van der Waals surface area contributed by atoms with E-state index in [4.69, 9.17) is 5.73 Å². The van der Waals surface area contributed by atoms with Crippen molar-refractivity contribution in [3.8, 4) is 6.07 Å². The number of anilines is 3. The number of nitrogens with two attached hydrogens (primary N) is 1. The molecule has 2 N–H and O–H groups in total. The van der Waals surface area contributed by atoms with Crippen LogP contribution in [0.1, 0.15) is 11.1 Å². The lowest BCUT2D eigenvalue weighted by Gasteiger charge is -2.36. The first kappa shape index (κ1) is 17.0. The van der Waals surface area contributed by atoms with Crippen molar-refractivity contribution in [2.45, 2.75) is 6.54 Å². The summed E-state index contributed by atoms with van der Waals surface area (Å²) < 4.78 is 0. The van der Waals surface area contributed by atoms with Crippen molar-refractivity contribution in [1.29, 1.82) is 5.26 Å². The molecule has 7 heteroatoms. The number of rotatable bonds is 4. The number of nitrogen functional groups attached to an aromatic ring is 1. The zero-order valence-corrected chi connectivity index (χ0v) is 14.7. The standard InChI is InChI=1S/C18H23N7/c1-23(2)18-21-16(20)15(12-19)17(22-18)25-10-8-24(9-11-25)13-14-6-4-3-5-7-14/h3-7H,8-11,13H2,1-2H3,(H2,20,21,22). The van der Waals surface area contributed by atoms with Gasteiger partial charge in [0, 0.05) is 46.8 Å². The van der Waals surface area contributed by atoms with Gasteiger partial charge in [-0.05, 0) is 5.56 Å². The summed E-state index contributed by atoms with van der Waals surface area (Å²) in [4.78, 5) is 15.1. The minimum Gasteiger partial charge on any atom is -0.382 e. The third kappa shape index (κ3) is 3.80. The molecule has 2 heterocycles. The molecular weight excluding hydrogens is 314 g/mol. The zero-order chi connectivity index (χ0) is 17.8. The van der Waals surface area contributed by atoms with Gasteiger partial charge in [0.25, 0.3) is 0 Å². The third-order valence-electron chi connectivity index (χ3n) is 4.34. The second-order valence-electron chi connectivity index (χ2n) is 6.36. The molecule has 1 aromatic heterocycles. The Morgan fingerprint density at radius 3 is 2.40 bits per heavy atom. The predicted octanol–water partition coefficient (Wildman–Crippen LogP) is 1.32. The van der Waals surface area contributed by atoms with Crippen LogP contribution in [0.25, 0.3) is 0 Å². The Balaban J connectivity index is 1.73. The van der Waals surface area contributed by atoms with Gasteiger partial charge in [0.2, 0.25) is 5.95 Å². The second kappa shape index (κ2) is 7.36. The van der Waals surface area contributed by atoms with Gasteiger partial charge < -0.3 is 15.5 Å². The first-order valence-electron chi connectivity index (χ1n) is 8.34. The number of hydrogen-bond acceptors (Lipinski definition) is 7. The maximum absolute atomic E-state index is 9.45. The molecule has 0 atom stereocenters. The number of nitriles is 1. The van der Waals surface area contributed by atoms with E-state index >= 15 is 0 Å². The van der Waals surface area contributed by atoms with E-state index in [1.54, 1.807) is 4.90 Å². The lowest BCUT2D eigenvalue weighted by Crippen LogP contribution is -2.46. The number of benzene rings is 1. The van der Waals surface area contributed by atoms with Crippen LogP contribution < -0.4 is 15.5 Å². The Morgan fingerprint density at radius 1 is 1.12 bits per heavy atom. The van der Waals surface area contributed by atoms with Crippen molar-refractivity contribution in [3.63, 3.8) is 0 Å². The minimum absolute atomic E-state index is 0.239. The van der Waals surface area contributed by atoms with Crippen LogP contribution in [0.4, 0.5) is 17.6 Å². The molecule has 0 radical (unpaired) electrons. The van der Waals surface area contributed by atoms with Crippen LogP contribution in [0.15, 0.2) is 30.3 Å². The summed E-state index contributed by atoms with van der Waals surface area (Å²) >= 11 is 0. The minimum atomic E-state index is 0.239. The lowest BCUT2D eigenvalue weighted by atomic mass is 10.2. The lowest BCUT2D eigenvalue weighted by molar-refractivity contribution is 0.249. The van der Waals surface area contributed by atoms with Crippen LogP contribution in [0, 0.1) is 11.3 Å². The molecule has 7 nitrogen and oxygen atoms in total. The summed E-state index contributed by atoms with van der Waals surface area (Å²) in [6, 6.07) is 12.6. The van der Waals surface area contributed by atoms with Gasteiger partial charge in [0.1, 0.15) is 17.5 Å². The van der Waals surface area contributed by atoms with Crippen molar-refractivity contribution in [3.05, 3.63) is 41.5 Å². The maximum Gasteiger partial charge on any atom is 0.228 e. The summed E-state index contributed by atoms with van der Waals surface area (Å²) in [7, 11) is 3.73. The highest BCUT2D eigenvalue weighted by Crippen LogP contribution is 2.25. The van der Waals surface area contributed by atoms with E-state index in [1.165, 1.54) is 5.56 Å². The van der Waals surface area contributed by atoms with Crippen LogP contribution in [0.3, 0.4) is 0 Å². The van der Waals surface area contributed by atoms with Gasteiger partial charge >= 0.3 is 0 Å². The summed E-state index contributed by atoms with van der Waals surface area (Å²) in [6.07, 6.45) is 0. The number of hydrogen-bond donors (Lipinski definition) is 1. The van der Waals surface area contributed by atoms with E-state index in [9.17, 15) is 5.26 Å². The first-order chi connectivity index (χ1) is 12.1. The van der Waals surface area contributed by atoms with Gasteiger partial charge in [-0.3, -0.25) is 4.90 Å². The molecule has 0 bridgehead atoms. The molecule has 25 heavy (non-hydrogen) atoms. The molecule has 0 unspecified atom stereocenters. The maximum atomic E-state index is 9.45. The molecule has 0 amide bonds. The van der Waals surface area contributed by atoms with E-state index in [-0.39, 0.29) is 5.82 Å². The average molecular weight is 337 g/mol.